The molecule has 0 rings (SSSR count). The maximum absolute atomic E-state index is 13.0. The average Bonchev–Trinajstić information content (AvgIpc) is 2.84. The third-order valence-corrected chi connectivity index (χ3v) is 5.67. The van der Waals surface area contributed by atoms with Gasteiger partial charge in [0.2, 0.25) is 35.4 Å². The van der Waals surface area contributed by atoms with Crippen molar-refractivity contribution in [3.05, 3.63) is 0 Å². The lowest BCUT2D eigenvalue weighted by molar-refractivity contribution is -0.137. The molecule has 6 atom stereocenters. The predicted octanol–water partition coefficient (Wildman–Crippen LogP) is -5.26. The zero-order valence-electron chi connectivity index (χ0n) is 20.8. The first-order valence-electron chi connectivity index (χ1n) is 11.2. The molecule has 0 spiro atoms. The molecule has 11 N–H and O–H groups in total. The maximum atomic E-state index is 13.0. The summed E-state index contributed by atoms with van der Waals surface area (Å²) in [5.74, 6) is -5.71. The molecule has 212 valence electrons. The van der Waals surface area contributed by atoms with E-state index >= 15 is 0 Å². The molecule has 0 aromatic carbocycles. The molecule has 6 amide bonds. The van der Waals surface area contributed by atoms with Gasteiger partial charge in [0, 0.05) is 11.5 Å². The average molecular weight is 568 g/mol. The van der Waals surface area contributed by atoms with Crippen molar-refractivity contribution in [2.45, 2.75) is 57.1 Å². The molecule has 0 aliphatic rings. The van der Waals surface area contributed by atoms with Crippen molar-refractivity contribution in [3.63, 3.8) is 0 Å². The van der Waals surface area contributed by atoms with Gasteiger partial charge in [0.05, 0.1) is 25.3 Å². The molecule has 0 aliphatic heterocycles. The summed E-state index contributed by atoms with van der Waals surface area (Å²) in [7, 11) is 0. The van der Waals surface area contributed by atoms with Gasteiger partial charge in [0.25, 0.3) is 0 Å². The fraction of sp³-hybridized carbons (Fsp3) is 0.700. The van der Waals surface area contributed by atoms with Crippen LogP contribution in [0.25, 0.3) is 0 Å². The quantitative estimate of drug-likeness (QED) is 0.0795. The molecule has 0 bridgehead atoms. The second-order valence-electron chi connectivity index (χ2n) is 8.42. The van der Waals surface area contributed by atoms with E-state index in [1.807, 2.05) is 0 Å². The number of thiol groups is 2. The lowest BCUT2D eigenvalue weighted by Crippen LogP contribution is -2.62. The Labute approximate surface area is 225 Å². The first-order chi connectivity index (χ1) is 17.2. The molecule has 0 fully saturated rings. The minimum Gasteiger partial charge on any atom is -0.394 e. The minimum absolute atomic E-state index is 0.00764. The summed E-state index contributed by atoms with van der Waals surface area (Å²) in [5.41, 5.74) is 10.5. The van der Waals surface area contributed by atoms with Crippen LogP contribution in [0.1, 0.15) is 20.8 Å². The smallest absolute Gasteiger partial charge is 0.245 e. The highest BCUT2D eigenvalue weighted by atomic mass is 32.1. The number of carbonyl (C=O) groups excluding carboxylic acids is 6. The van der Waals surface area contributed by atoms with Crippen LogP contribution in [0.15, 0.2) is 0 Å². The summed E-state index contributed by atoms with van der Waals surface area (Å²) in [6.07, 6.45) is -1.42. The molecule has 0 saturated carbocycles. The summed E-state index contributed by atoms with van der Waals surface area (Å²) in [5, 5.41) is 31.1. The van der Waals surface area contributed by atoms with E-state index in [-0.39, 0.29) is 11.5 Å². The summed E-state index contributed by atoms with van der Waals surface area (Å²) in [6.45, 7) is 3.14. The zero-order valence-corrected chi connectivity index (χ0v) is 22.6. The molecule has 15 nitrogen and oxygen atoms in total. The molecule has 0 aromatic rings. The zero-order chi connectivity index (χ0) is 28.9. The summed E-state index contributed by atoms with van der Waals surface area (Å²) < 4.78 is 0. The van der Waals surface area contributed by atoms with Crippen LogP contribution in [-0.2, 0) is 28.8 Å². The molecule has 0 saturated heterocycles. The third-order valence-electron chi connectivity index (χ3n) is 4.91. The molecule has 0 aliphatic carbocycles. The Morgan fingerprint density at radius 3 is 1.70 bits per heavy atom. The van der Waals surface area contributed by atoms with Crippen LogP contribution in [-0.4, -0.2) is 107 Å². The minimum atomic E-state index is -1.54. The number of nitrogens with two attached hydrogens (primary N) is 2. The van der Waals surface area contributed by atoms with Gasteiger partial charge in [-0.15, -0.1) is 0 Å². The van der Waals surface area contributed by atoms with E-state index < -0.39 is 90.8 Å². The lowest BCUT2D eigenvalue weighted by atomic mass is 10.0. The van der Waals surface area contributed by atoms with Crippen LogP contribution in [0.5, 0.6) is 0 Å². The van der Waals surface area contributed by atoms with E-state index in [9.17, 15) is 39.0 Å². The van der Waals surface area contributed by atoms with Gasteiger partial charge in [-0.1, -0.05) is 13.8 Å². The Morgan fingerprint density at radius 2 is 1.27 bits per heavy atom. The molecular weight excluding hydrogens is 530 g/mol. The highest BCUT2D eigenvalue weighted by molar-refractivity contribution is 7.80. The van der Waals surface area contributed by atoms with Gasteiger partial charge in [-0.2, -0.15) is 25.3 Å². The largest absolute Gasteiger partial charge is 0.394 e. The molecule has 37 heavy (non-hydrogen) atoms. The third kappa shape index (κ3) is 12.0. The van der Waals surface area contributed by atoms with Gasteiger partial charge in [0.1, 0.15) is 24.2 Å². The SMILES string of the molecule is CC(C)[C@H](NC(=O)[C@H](CO)NC(=O)[C@@H](N)CS)C(=O)N[C@H](C(=O)N[C@@H](CS)C(=O)NCC(N)=O)[C@@H](C)O. The molecule has 17 heteroatoms. The highest BCUT2D eigenvalue weighted by Gasteiger charge is 2.34. The van der Waals surface area contributed by atoms with Crippen LogP contribution in [0.4, 0.5) is 0 Å². The second kappa shape index (κ2) is 17.0. The van der Waals surface area contributed by atoms with Gasteiger partial charge in [-0.3, -0.25) is 28.8 Å². The van der Waals surface area contributed by atoms with Crippen molar-refractivity contribution in [3.8, 4) is 0 Å². The summed E-state index contributed by atoms with van der Waals surface area (Å²) in [4.78, 5) is 73.2. The summed E-state index contributed by atoms with van der Waals surface area (Å²) >= 11 is 7.87. The van der Waals surface area contributed by atoms with E-state index in [1.165, 1.54) is 6.92 Å². The maximum Gasteiger partial charge on any atom is 0.245 e. The van der Waals surface area contributed by atoms with Crippen LogP contribution in [0, 0.1) is 5.92 Å². The Kier molecular flexibility index (Phi) is 15.8. The first kappa shape index (κ1) is 34.4. The van der Waals surface area contributed by atoms with E-state index in [0.717, 1.165) is 0 Å². The van der Waals surface area contributed by atoms with Crippen molar-refractivity contribution in [2.75, 3.05) is 24.7 Å². The number of hydrogen-bond donors (Lipinski definition) is 11. The van der Waals surface area contributed by atoms with Crippen LogP contribution >= 0.6 is 25.3 Å². The lowest BCUT2D eigenvalue weighted by Gasteiger charge is -2.28. The van der Waals surface area contributed by atoms with Crippen molar-refractivity contribution < 1.29 is 39.0 Å². The van der Waals surface area contributed by atoms with E-state index in [4.69, 9.17) is 11.5 Å². The highest BCUT2D eigenvalue weighted by Crippen LogP contribution is 2.05. The van der Waals surface area contributed by atoms with E-state index in [1.54, 1.807) is 13.8 Å². The van der Waals surface area contributed by atoms with Gasteiger partial charge in [0.15, 0.2) is 0 Å². The van der Waals surface area contributed by atoms with Crippen molar-refractivity contribution in [1.82, 2.24) is 26.6 Å². The fourth-order valence-electron chi connectivity index (χ4n) is 2.75. The number of primary amides is 1. The number of amides is 6. The van der Waals surface area contributed by atoms with E-state index in [0.29, 0.717) is 0 Å². The Bertz CT molecular complexity index is 831. The standard InChI is InChI=1S/C20H37N7O8S2/c1-8(2)14(26-18(33)11(5-28)24-16(31)10(21)6-36)19(34)27-15(9(3)29)20(35)25-12(7-37)17(32)23-4-13(22)30/h8-12,14-15,28-29,36-37H,4-7,21H2,1-3H3,(H2,22,30)(H,23,32)(H,24,31)(H,25,35)(H,26,33)(H,27,34)/t9-,10+,11+,12+,14+,15+/m1/s1. The number of aliphatic hydroxyl groups excluding tert-OH is 2. The number of rotatable bonds is 16. The Morgan fingerprint density at radius 1 is 0.757 bits per heavy atom. The molecule has 0 aromatic heterocycles. The van der Waals surface area contributed by atoms with Crippen molar-refractivity contribution in [1.29, 1.82) is 0 Å². The molecular formula is C20H37N7O8S2. The van der Waals surface area contributed by atoms with E-state index in [2.05, 4.69) is 51.8 Å². The predicted molar refractivity (Wildman–Crippen MR) is 139 cm³/mol. The van der Waals surface area contributed by atoms with Crippen LogP contribution < -0.4 is 38.1 Å². The van der Waals surface area contributed by atoms with Gasteiger partial charge in [-0.25, -0.2) is 0 Å². The number of hydrogen-bond acceptors (Lipinski definition) is 11. The molecule has 0 radical (unpaired) electrons. The van der Waals surface area contributed by atoms with Crippen molar-refractivity contribution in [2.24, 2.45) is 17.4 Å². The molecule has 0 heterocycles. The normalized spacial score (nSPS) is 15.8. The van der Waals surface area contributed by atoms with Gasteiger partial charge < -0.3 is 48.3 Å². The number of nitrogens with one attached hydrogen (secondary N) is 5. The fourth-order valence-corrected chi connectivity index (χ4v) is 3.17. The Balaban J connectivity index is 5.47. The van der Waals surface area contributed by atoms with Gasteiger partial charge in [-0.05, 0) is 12.8 Å². The summed E-state index contributed by atoms with van der Waals surface area (Å²) in [6, 6.07) is -6.45. The topological polar surface area (TPSA) is 255 Å². The van der Waals surface area contributed by atoms with Crippen molar-refractivity contribution >= 4 is 60.7 Å². The molecule has 0 unspecified atom stereocenters. The Hall–Kier alpha value is -2.60. The number of carbonyl (C=O) groups is 6. The second-order valence-corrected chi connectivity index (χ2v) is 9.15. The van der Waals surface area contributed by atoms with Crippen LogP contribution in [0.2, 0.25) is 0 Å². The van der Waals surface area contributed by atoms with Crippen LogP contribution in [0.3, 0.4) is 0 Å². The van der Waals surface area contributed by atoms with Gasteiger partial charge >= 0.3 is 0 Å². The first-order valence-corrected chi connectivity index (χ1v) is 12.5. The monoisotopic (exact) mass is 567 g/mol. The number of aliphatic hydroxyl groups is 2.